The van der Waals surface area contributed by atoms with Crippen LogP contribution in [0.3, 0.4) is 0 Å². The minimum absolute atomic E-state index is 0.535. The number of aromatic nitrogens is 3. The summed E-state index contributed by atoms with van der Waals surface area (Å²) >= 11 is 0. The van der Waals surface area contributed by atoms with Crippen molar-refractivity contribution in [1.82, 2.24) is 15.2 Å². The van der Waals surface area contributed by atoms with Crippen LogP contribution in [0.2, 0.25) is 0 Å². The van der Waals surface area contributed by atoms with Gasteiger partial charge in [-0.05, 0) is 41.8 Å². The zero-order chi connectivity index (χ0) is 20.1. The number of aromatic amines is 1. The van der Waals surface area contributed by atoms with Gasteiger partial charge in [-0.15, -0.1) is 0 Å². The minimum atomic E-state index is 0.535. The maximum absolute atomic E-state index is 5.82. The van der Waals surface area contributed by atoms with Gasteiger partial charge in [-0.1, -0.05) is 57.1 Å². The molecule has 2 aromatic heterocycles. The van der Waals surface area contributed by atoms with Gasteiger partial charge >= 0.3 is 0 Å². The van der Waals surface area contributed by atoms with Crippen molar-refractivity contribution < 1.29 is 4.74 Å². The minimum Gasteiger partial charge on any atom is -0.472 e. The Morgan fingerprint density at radius 1 is 0.897 bits per heavy atom. The van der Waals surface area contributed by atoms with Crippen LogP contribution in [0, 0.1) is 6.92 Å². The van der Waals surface area contributed by atoms with Gasteiger partial charge in [-0.2, -0.15) is 10.1 Å². The number of rotatable bonds is 2. The largest absolute Gasteiger partial charge is 0.472 e. The van der Waals surface area contributed by atoms with E-state index in [0.29, 0.717) is 12.5 Å². The monoisotopic (exact) mass is 390 g/mol. The standard InChI is InChI=1S/C17H16N4O.C7H14/c1-10-15(8-19-21-10)11-3-4-13-12(7-11)9-22-17-14(13)5-6-16(18-2)20-17;1-2-4-6-7-5-3-1/h3-8H,9H2,1-2H3,(H,18,20)(H,19,21);1-7H2. The number of pyridine rings is 1. The lowest BCUT2D eigenvalue weighted by atomic mass is 9.94. The third-order valence-corrected chi connectivity index (χ3v) is 5.77. The fourth-order valence-electron chi connectivity index (χ4n) is 4.06. The summed E-state index contributed by atoms with van der Waals surface area (Å²) in [6.45, 7) is 2.56. The molecule has 0 radical (unpaired) electrons. The molecular formula is C24H30N4O. The average Bonchev–Trinajstić information content (AvgIpc) is 3.00. The lowest BCUT2D eigenvalue weighted by molar-refractivity contribution is 0.290. The number of ether oxygens (including phenoxy) is 1. The fourth-order valence-corrected chi connectivity index (χ4v) is 4.06. The van der Waals surface area contributed by atoms with Crippen LogP contribution in [0.25, 0.3) is 22.3 Å². The van der Waals surface area contributed by atoms with E-state index in [9.17, 15) is 0 Å². The SMILES string of the molecule is C1CCCCCC1.CNc1ccc2c(n1)OCc1cc(-c3cn[nH]c3C)ccc1-2. The molecule has 2 aliphatic rings. The second-order valence-electron chi connectivity index (χ2n) is 7.84. The van der Waals surface area contributed by atoms with Crippen LogP contribution in [-0.2, 0) is 6.61 Å². The number of nitrogens with one attached hydrogen (secondary N) is 2. The van der Waals surface area contributed by atoms with Gasteiger partial charge in [0.25, 0.3) is 0 Å². The Hall–Kier alpha value is -2.82. The lowest BCUT2D eigenvalue weighted by Gasteiger charge is -2.21. The zero-order valence-corrected chi connectivity index (χ0v) is 17.4. The molecule has 0 unspecified atom stereocenters. The molecule has 5 rings (SSSR count). The zero-order valence-electron chi connectivity index (χ0n) is 17.4. The van der Waals surface area contributed by atoms with E-state index in [1.54, 1.807) is 0 Å². The van der Waals surface area contributed by atoms with Crippen LogP contribution < -0.4 is 10.1 Å². The van der Waals surface area contributed by atoms with E-state index in [0.717, 1.165) is 28.2 Å². The molecule has 3 aromatic rings. The van der Waals surface area contributed by atoms with Crippen molar-refractivity contribution in [2.75, 3.05) is 12.4 Å². The van der Waals surface area contributed by atoms with E-state index in [-0.39, 0.29) is 0 Å². The number of hydrogen-bond acceptors (Lipinski definition) is 4. The fraction of sp³-hybridized carbons (Fsp3) is 0.417. The summed E-state index contributed by atoms with van der Waals surface area (Å²) in [6.07, 6.45) is 12.4. The number of H-pyrrole nitrogens is 1. The Morgan fingerprint density at radius 3 is 2.21 bits per heavy atom. The summed E-state index contributed by atoms with van der Waals surface area (Å²) in [5.41, 5.74) is 6.73. The summed E-state index contributed by atoms with van der Waals surface area (Å²) in [5, 5.41) is 10.1. The molecule has 1 aromatic carbocycles. The Balaban J connectivity index is 0.000000249. The number of benzene rings is 1. The molecule has 0 spiro atoms. The predicted molar refractivity (Wildman–Crippen MR) is 118 cm³/mol. The second-order valence-corrected chi connectivity index (χ2v) is 7.84. The number of anilines is 1. The Bertz CT molecular complexity index is 944. The van der Waals surface area contributed by atoms with E-state index in [2.05, 4.69) is 44.8 Å². The van der Waals surface area contributed by atoms with Crippen molar-refractivity contribution in [3.8, 4) is 28.1 Å². The van der Waals surface area contributed by atoms with Crippen LogP contribution >= 0.6 is 0 Å². The molecule has 1 aliphatic heterocycles. The molecule has 1 fully saturated rings. The molecule has 1 aliphatic carbocycles. The highest BCUT2D eigenvalue weighted by Gasteiger charge is 2.19. The van der Waals surface area contributed by atoms with E-state index in [1.807, 2.05) is 26.2 Å². The smallest absolute Gasteiger partial charge is 0.223 e. The van der Waals surface area contributed by atoms with Crippen LogP contribution in [0.4, 0.5) is 5.82 Å². The molecule has 2 N–H and O–H groups in total. The molecule has 0 saturated heterocycles. The predicted octanol–water partition coefficient (Wildman–Crippen LogP) is 6.11. The van der Waals surface area contributed by atoms with E-state index in [1.165, 1.54) is 56.1 Å². The number of hydrogen-bond donors (Lipinski definition) is 2. The van der Waals surface area contributed by atoms with Gasteiger partial charge in [0, 0.05) is 23.9 Å². The summed E-state index contributed by atoms with van der Waals surface area (Å²) in [6, 6.07) is 10.4. The summed E-state index contributed by atoms with van der Waals surface area (Å²) in [7, 11) is 1.85. The van der Waals surface area contributed by atoms with Gasteiger partial charge < -0.3 is 10.1 Å². The van der Waals surface area contributed by atoms with Crippen molar-refractivity contribution in [2.45, 2.75) is 58.5 Å². The van der Waals surface area contributed by atoms with E-state index in [4.69, 9.17) is 4.74 Å². The van der Waals surface area contributed by atoms with Crippen molar-refractivity contribution in [3.05, 3.63) is 47.8 Å². The third-order valence-electron chi connectivity index (χ3n) is 5.77. The van der Waals surface area contributed by atoms with Crippen molar-refractivity contribution >= 4 is 5.82 Å². The Kier molecular flexibility index (Phi) is 6.13. The lowest BCUT2D eigenvalue weighted by Crippen LogP contribution is -2.08. The van der Waals surface area contributed by atoms with Crippen LogP contribution in [-0.4, -0.2) is 22.2 Å². The highest BCUT2D eigenvalue weighted by atomic mass is 16.5. The van der Waals surface area contributed by atoms with Gasteiger partial charge in [-0.25, -0.2) is 0 Å². The first kappa shape index (κ1) is 19.5. The highest BCUT2D eigenvalue weighted by molar-refractivity contribution is 5.78. The Labute approximate surface area is 172 Å². The van der Waals surface area contributed by atoms with E-state index < -0.39 is 0 Å². The average molecular weight is 391 g/mol. The first-order valence-electron chi connectivity index (χ1n) is 10.7. The molecule has 3 heterocycles. The van der Waals surface area contributed by atoms with Crippen LogP contribution in [0.5, 0.6) is 5.88 Å². The molecule has 0 bridgehead atoms. The quantitative estimate of drug-likeness (QED) is 0.518. The van der Waals surface area contributed by atoms with Crippen molar-refractivity contribution in [1.29, 1.82) is 0 Å². The van der Waals surface area contributed by atoms with Gasteiger partial charge in [0.1, 0.15) is 12.4 Å². The molecular weight excluding hydrogens is 360 g/mol. The number of fused-ring (bicyclic) bond motifs is 3. The second kappa shape index (κ2) is 9.12. The first-order valence-corrected chi connectivity index (χ1v) is 10.7. The summed E-state index contributed by atoms with van der Waals surface area (Å²) < 4.78 is 5.82. The van der Waals surface area contributed by atoms with Crippen LogP contribution in [0.15, 0.2) is 36.5 Å². The maximum atomic E-state index is 5.82. The summed E-state index contributed by atoms with van der Waals surface area (Å²) in [4.78, 5) is 4.47. The van der Waals surface area contributed by atoms with Crippen molar-refractivity contribution in [2.24, 2.45) is 0 Å². The van der Waals surface area contributed by atoms with E-state index >= 15 is 0 Å². The number of aryl methyl sites for hydroxylation is 1. The topological polar surface area (TPSA) is 62.8 Å². The van der Waals surface area contributed by atoms with Gasteiger partial charge in [-0.3, -0.25) is 5.10 Å². The molecule has 5 nitrogen and oxygen atoms in total. The highest BCUT2D eigenvalue weighted by Crippen LogP contribution is 2.38. The molecule has 0 atom stereocenters. The van der Waals surface area contributed by atoms with Gasteiger partial charge in [0.05, 0.1) is 6.20 Å². The van der Waals surface area contributed by atoms with Gasteiger partial charge in [0.2, 0.25) is 5.88 Å². The van der Waals surface area contributed by atoms with Crippen LogP contribution in [0.1, 0.15) is 56.2 Å². The molecule has 29 heavy (non-hydrogen) atoms. The first-order chi connectivity index (χ1) is 14.3. The Morgan fingerprint density at radius 2 is 1.59 bits per heavy atom. The van der Waals surface area contributed by atoms with Crippen molar-refractivity contribution in [3.63, 3.8) is 0 Å². The number of nitrogens with zero attached hydrogens (tertiary/aromatic N) is 2. The normalized spacial score (nSPS) is 15.1. The summed E-state index contributed by atoms with van der Waals surface area (Å²) in [5.74, 6) is 1.50. The third kappa shape index (κ3) is 4.44. The molecule has 0 amide bonds. The molecule has 152 valence electrons. The maximum Gasteiger partial charge on any atom is 0.223 e. The molecule has 1 saturated carbocycles. The molecule has 5 heteroatoms. The van der Waals surface area contributed by atoms with Gasteiger partial charge in [0.15, 0.2) is 0 Å².